The largest absolute Gasteiger partial charge is 0.481 e. The van der Waals surface area contributed by atoms with Crippen molar-refractivity contribution in [3.8, 4) is 0 Å². The maximum Gasteiger partial charge on any atom is 0.308 e. The predicted octanol–water partition coefficient (Wildman–Crippen LogP) is 0.00270. The summed E-state index contributed by atoms with van der Waals surface area (Å²) in [6.45, 7) is 7.47. The molecule has 0 radical (unpaired) electrons. The summed E-state index contributed by atoms with van der Waals surface area (Å²) >= 11 is 0. The molecule has 17 heavy (non-hydrogen) atoms. The van der Waals surface area contributed by atoms with Crippen LogP contribution in [0.15, 0.2) is 0 Å². The van der Waals surface area contributed by atoms with Crippen LogP contribution in [-0.4, -0.2) is 54.9 Å². The van der Waals surface area contributed by atoms with Crippen molar-refractivity contribution in [3.05, 3.63) is 0 Å². The van der Waals surface area contributed by atoms with Crippen molar-refractivity contribution >= 4 is 5.97 Å². The number of piperidine rings is 1. The molecule has 0 bridgehead atoms. The van der Waals surface area contributed by atoms with E-state index in [9.17, 15) is 9.90 Å². The minimum absolute atomic E-state index is 0.142. The molecule has 2 rings (SSSR count). The first-order valence-electron chi connectivity index (χ1n) is 6.26. The van der Waals surface area contributed by atoms with Gasteiger partial charge in [-0.3, -0.25) is 9.69 Å². The molecule has 0 amide bonds. The molecule has 0 aromatic rings. The highest BCUT2D eigenvalue weighted by atomic mass is 16.5. The number of carboxylic acid groups (broad SMARTS) is 1. The van der Waals surface area contributed by atoms with Crippen LogP contribution in [0.5, 0.6) is 0 Å². The van der Waals surface area contributed by atoms with Gasteiger partial charge in [0.25, 0.3) is 0 Å². The Kier molecular flexibility index (Phi) is 3.43. The average Bonchev–Trinajstić information content (AvgIpc) is 2.24. The van der Waals surface area contributed by atoms with E-state index in [1.54, 1.807) is 0 Å². The zero-order valence-corrected chi connectivity index (χ0v) is 10.6. The average molecular weight is 242 g/mol. The highest BCUT2D eigenvalue weighted by Crippen LogP contribution is 2.46. The van der Waals surface area contributed by atoms with Gasteiger partial charge in [0.15, 0.2) is 0 Å². The number of ether oxygens (including phenoxy) is 1. The summed E-state index contributed by atoms with van der Waals surface area (Å²) in [6, 6.07) is 0.248. The Morgan fingerprint density at radius 3 is 2.65 bits per heavy atom. The minimum atomic E-state index is -0.700. The van der Waals surface area contributed by atoms with E-state index in [4.69, 9.17) is 10.5 Å². The van der Waals surface area contributed by atoms with Crippen LogP contribution < -0.4 is 5.73 Å². The molecule has 2 aliphatic rings. The predicted molar refractivity (Wildman–Crippen MR) is 63.6 cm³/mol. The van der Waals surface area contributed by atoms with Gasteiger partial charge in [0.2, 0.25) is 0 Å². The standard InChI is InChI=1S/C12H22N2O3/c1-8-4-14(9(2)3-13)5-10(11(15)16)12(8)6-17-7-12/h8-10H,3-7,13H2,1-2H3,(H,15,16). The quantitative estimate of drug-likeness (QED) is 0.728. The van der Waals surface area contributed by atoms with Crippen LogP contribution in [-0.2, 0) is 9.53 Å². The minimum Gasteiger partial charge on any atom is -0.481 e. The fraction of sp³-hybridized carbons (Fsp3) is 0.917. The molecule has 2 fully saturated rings. The molecular weight excluding hydrogens is 220 g/mol. The summed E-state index contributed by atoms with van der Waals surface area (Å²) < 4.78 is 5.28. The Morgan fingerprint density at radius 1 is 1.59 bits per heavy atom. The smallest absolute Gasteiger partial charge is 0.308 e. The SMILES string of the molecule is CC(CN)N1CC(C)C2(COC2)C(C(=O)O)C1. The lowest BCUT2D eigenvalue weighted by Gasteiger charge is -2.55. The van der Waals surface area contributed by atoms with Gasteiger partial charge in [-0.2, -0.15) is 0 Å². The van der Waals surface area contributed by atoms with E-state index in [0.717, 1.165) is 6.54 Å². The molecule has 2 saturated heterocycles. The molecule has 2 heterocycles. The Balaban J connectivity index is 2.16. The fourth-order valence-corrected chi connectivity index (χ4v) is 3.02. The lowest BCUT2D eigenvalue weighted by atomic mass is 9.62. The lowest BCUT2D eigenvalue weighted by Crippen LogP contribution is -2.65. The molecule has 3 unspecified atom stereocenters. The van der Waals surface area contributed by atoms with E-state index < -0.39 is 5.97 Å². The number of hydrogen-bond donors (Lipinski definition) is 2. The first-order valence-corrected chi connectivity index (χ1v) is 6.26. The molecule has 5 nitrogen and oxygen atoms in total. The molecule has 2 aliphatic heterocycles. The Morgan fingerprint density at radius 2 is 2.24 bits per heavy atom. The summed E-state index contributed by atoms with van der Waals surface area (Å²) in [6.07, 6.45) is 0. The highest BCUT2D eigenvalue weighted by molar-refractivity contribution is 5.72. The molecule has 1 spiro atoms. The van der Waals surface area contributed by atoms with Crippen molar-refractivity contribution in [3.63, 3.8) is 0 Å². The van der Waals surface area contributed by atoms with E-state index in [2.05, 4.69) is 18.7 Å². The monoisotopic (exact) mass is 242 g/mol. The first kappa shape index (κ1) is 12.8. The van der Waals surface area contributed by atoms with Crippen molar-refractivity contribution in [2.24, 2.45) is 23.0 Å². The molecule has 0 aromatic heterocycles. The Labute approximate surface area is 102 Å². The van der Waals surface area contributed by atoms with Gasteiger partial charge in [-0.05, 0) is 12.8 Å². The molecule has 3 atom stereocenters. The van der Waals surface area contributed by atoms with E-state index >= 15 is 0 Å². The zero-order chi connectivity index (χ0) is 12.6. The van der Waals surface area contributed by atoms with Crippen molar-refractivity contribution < 1.29 is 14.6 Å². The van der Waals surface area contributed by atoms with Crippen molar-refractivity contribution in [1.29, 1.82) is 0 Å². The van der Waals surface area contributed by atoms with Gasteiger partial charge < -0.3 is 15.6 Å². The third-order valence-electron chi connectivity index (χ3n) is 4.61. The van der Waals surface area contributed by atoms with Crippen LogP contribution in [0, 0.1) is 17.3 Å². The summed E-state index contributed by atoms with van der Waals surface area (Å²) in [4.78, 5) is 13.7. The summed E-state index contributed by atoms with van der Waals surface area (Å²) in [5.74, 6) is -0.678. The van der Waals surface area contributed by atoms with Crippen LogP contribution in [0.25, 0.3) is 0 Å². The van der Waals surface area contributed by atoms with E-state index in [1.165, 1.54) is 0 Å². The molecule has 0 aliphatic carbocycles. The number of rotatable bonds is 3. The van der Waals surface area contributed by atoms with Gasteiger partial charge >= 0.3 is 5.97 Å². The van der Waals surface area contributed by atoms with Gasteiger partial charge in [-0.15, -0.1) is 0 Å². The van der Waals surface area contributed by atoms with E-state index in [0.29, 0.717) is 32.2 Å². The maximum atomic E-state index is 11.5. The van der Waals surface area contributed by atoms with Crippen molar-refractivity contribution in [2.75, 3.05) is 32.8 Å². The maximum absolute atomic E-state index is 11.5. The zero-order valence-electron chi connectivity index (χ0n) is 10.6. The first-order chi connectivity index (χ1) is 8.01. The number of nitrogens with two attached hydrogens (primary N) is 1. The van der Waals surface area contributed by atoms with E-state index in [1.807, 2.05) is 0 Å². The fourth-order valence-electron chi connectivity index (χ4n) is 3.02. The molecule has 3 N–H and O–H groups in total. The second-order valence-electron chi connectivity index (χ2n) is 5.56. The second-order valence-corrected chi connectivity index (χ2v) is 5.56. The molecular formula is C12H22N2O3. The summed E-state index contributed by atoms with van der Waals surface area (Å²) in [7, 11) is 0. The van der Waals surface area contributed by atoms with Crippen molar-refractivity contribution in [2.45, 2.75) is 19.9 Å². The molecule has 0 aromatic carbocycles. The van der Waals surface area contributed by atoms with Gasteiger partial charge in [0, 0.05) is 31.1 Å². The molecule has 0 saturated carbocycles. The number of aliphatic carboxylic acids is 1. The van der Waals surface area contributed by atoms with Crippen LogP contribution in [0.1, 0.15) is 13.8 Å². The van der Waals surface area contributed by atoms with Gasteiger partial charge in [-0.1, -0.05) is 6.92 Å². The number of likely N-dealkylation sites (tertiary alicyclic amines) is 1. The number of hydrogen-bond acceptors (Lipinski definition) is 4. The molecule has 5 heteroatoms. The third kappa shape index (κ3) is 1.96. The van der Waals surface area contributed by atoms with Gasteiger partial charge in [0.05, 0.1) is 19.1 Å². The van der Waals surface area contributed by atoms with Crippen LogP contribution in [0.3, 0.4) is 0 Å². The van der Waals surface area contributed by atoms with Crippen LogP contribution in [0.2, 0.25) is 0 Å². The van der Waals surface area contributed by atoms with Crippen LogP contribution in [0.4, 0.5) is 0 Å². The van der Waals surface area contributed by atoms with Gasteiger partial charge in [0.1, 0.15) is 0 Å². The second kappa shape index (κ2) is 4.55. The molecule has 98 valence electrons. The topological polar surface area (TPSA) is 75.8 Å². The lowest BCUT2D eigenvalue weighted by molar-refractivity contribution is -0.211. The van der Waals surface area contributed by atoms with Crippen LogP contribution >= 0.6 is 0 Å². The van der Waals surface area contributed by atoms with Crippen molar-refractivity contribution in [1.82, 2.24) is 4.90 Å². The van der Waals surface area contributed by atoms with Gasteiger partial charge in [-0.25, -0.2) is 0 Å². The van der Waals surface area contributed by atoms with E-state index in [-0.39, 0.29) is 17.4 Å². The third-order valence-corrected chi connectivity index (χ3v) is 4.61. The number of carbonyl (C=O) groups is 1. The Bertz CT molecular complexity index is 304. The normalized spacial score (nSPS) is 34.3. The Hall–Kier alpha value is -0.650. The number of nitrogens with zero attached hydrogens (tertiary/aromatic N) is 1. The number of carboxylic acids is 1. The summed E-state index contributed by atoms with van der Waals surface area (Å²) in [5, 5.41) is 9.42. The summed E-state index contributed by atoms with van der Waals surface area (Å²) in [5.41, 5.74) is 5.53. The highest BCUT2D eigenvalue weighted by Gasteiger charge is 2.56.